The standard InChI is InChI=1S/C17H17ClN2O3/c18-14-9-5-4-8-13(14)15(21)10-19-16(22)11-20-17(23)12-6-2-1-3-7-12/h1-9,15,21H,10-11H2,(H,19,22)(H,20,23)/t15-/m0/s1. The molecule has 3 N–H and O–H groups in total. The maximum absolute atomic E-state index is 11.8. The Morgan fingerprint density at radius 3 is 2.35 bits per heavy atom. The number of aliphatic hydroxyl groups is 1. The number of carbonyl (C=O) groups is 2. The fraction of sp³-hybridized carbons (Fsp3) is 0.176. The maximum Gasteiger partial charge on any atom is 0.251 e. The van der Waals surface area contributed by atoms with Crippen LogP contribution < -0.4 is 10.6 Å². The third-order valence-electron chi connectivity index (χ3n) is 3.20. The summed E-state index contributed by atoms with van der Waals surface area (Å²) in [6.45, 7) is -0.146. The van der Waals surface area contributed by atoms with Crippen molar-refractivity contribution in [3.63, 3.8) is 0 Å². The first-order valence-corrected chi connectivity index (χ1v) is 7.48. The Morgan fingerprint density at radius 2 is 1.65 bits per heavy atom. The number of amides is 2. The van der Waals surface area contributed by atoms with Crippen LogP contribution in [0.4, 0.5) is 0 Å². The van der Waals surface area contributed by atoms with Gasteiger partial charge in [0.25, 0.3) is 5.91 Å². The molecule has 2 amide bonds. The minimum absolute atomic E-state index is 0.0176. The molecule has 0 radical (unpaired) electrons. The normalized spacial score (nSPS) is 11.6. The first kappa shape index (κ1) is 17.0. The van der Waals surface area contributed by atoms with Gasteiger partial charge in [-0.2, -0.15) is 0 Å². The predicted molar refractivity (Wildman–Crippen MR) is 88.2 cm³/mol. The summed E-state index contributed by atoms with van der Waals surface area (Å²) in [6.07, 6.45) is -0.905. The molecule has 2 aromatic rings. The lowest BCUT2D eigenvalue weighted by Crippen LogP contribution is -2.38. The van der Waals surface area contributed by atoms with Gasteiger partial charge in [0, 0.05) is 22.7 Å². The summed E-state index contributed by atoms with van der Waals surface area (Å²) in [4.78, 5) is 23.5. The molecule has 0 heterocycles. The number of hydrogen-bond donors (Lipinski definition) is 3. The average Bonchev–Trinajstić information content (AvgIpc) is 2.58. The Balaban J connectivity index is 1.77. The number of aliphatic hydroxyl groups excluding tert-OH is 1. The second kappa shape index (κ2) is 8.31. The van der Waals surface area contributed by atoms with Crippen LogP contribution in [0.2, 0.25) is 5.02 Å². The summed E-state index contributed by atoms with van der Waals surface area (Å²) >= 11 is 5.98. The highest BCUT2D eigenvalue weighted by atomic mass is 35.5. The van der Waals surface area contributed by atoms with Crippen LogP contribution in [-0.2, 0) is 4.79 Å². The van der Waals surface area contributed by atoms with Crippen LogP contribution in [0, 0.1) is 0 Å². The zero-order valence-electron chi connectivity index (χ0n) is 12.3. The Labute approximate surface area is 139 Å². The molecule has 2 rings (SSSR count). The maximum atomic E-state index is 11.8. The van der Waals surface area contributed by atoms with Gasteiger partial charge in [-0.3, -0.25) is 9.59 Å². The van der Waals surface area contributed by atoms with Crippen molar-refractivity contribution in [3.8, 4) is 0 Å². The van der Waals surface area contributed by atoms with Gasteiger partial charge in [0.15, 0.2) is 0 Å². The van der Waals surface area contributed by atoms with E-state index in [1.807, 2.05) is 0 Å². The van der Waals surface area contributed by atoms with Crippen LogP contribution in [0.25, 0.3) is 0 Å². The summed E-state index contributed by atoms with van der Waals surface area (Å²) in [7, 11) is 0. The van der Waals surface area contributed by atoms with E-state index in [4.69, 9.17) is 11.6 Å². The van der Waals surface area contributed by atoms with Crippen molar-refractivity contribution in [2.75, 3.05) is 13.1 Å². The Kier molecular flexibility index (Phi) is 6.14. The molecular weight excluding hydrogens is 316 g/mol. The number of carbonyl (C=O) groups excluding carboxylic acids is 2. The highest BCUT2D eigenvalue weighted by Gasteiger charge is 2.13. The monoisotopic (exact) mass is 332 g/mol. The SMILES string of the molecule is O=C(CNC(=O)c1ccccc1)NC[C@H](O)c1ccccc1Cl. The van der Waals surface area contributed by atoms with Crippen molar-refractivity contribution in [2.45, 2.75) is 6.10 Å². The Hall–Kier alpha value is -2.37. The van der Waals surface area contributed by atoms with E-state index in [1.54, 1.807) is 54.6 Å². The summed E-state index contributed by atoms with van der Waals surface area (Å²) in [5.74, 6) is -0.715. The number of rotatable bonds is 6. The molecule has 5 nitrogen and oxygen atoms in total. The lowest BCUT2D eigenvalue weighted by Gasteiger charge is -2.14. The van der Waals surface area contributed by atoms with Gasteiger partial charge in [-0.05, 0) is 18.2 Å². The predicted octanol–water partition coefficient (Wildman–Crippen LogP) is 1.92. The van der Waals surface area contributed by atoms with E-state index in [0.29, 0.717) is 16.1 Å². The third kappa shape index (κ3) is 5.09. The van der Waals surface area contributed by atoms with E-state index >= 15 is 0 Å². The minimum atomic E-state index is -0.905. The smallest absolute Gasteiger partial charge is 0.251 e. The van der Waals surface area contributed by atoms with Gasteiger partial charge in [0.2, 0.25) is 5.91 Å². The Bertz CT molecular complexity index is 677. The summed E-state index contributed by atoms with van der Waals surface area (Å²) in [5, 5.41) is 15.5. The molecule has 0 bridgehead atoms. The van der Waals surface area contributed by atoms with Crippen LogP contribution in [-0.4, -0.2) is 30.0 Å². The third-order valence-corrected chi connectivity index (χ3v) is 3.55. The quantitative estimate of drug-likeness (QED) is 0.756. The van der Waals surface area contributed by atoms with Crippen molar-refractivity contribution in [3.05, 3.63) is 70.7 Å². The van der Waals surface area contributed by atoms with Gasteiger partial charge in [0.1, 0.15) is 0 Å². The fourth-order valence-corrected chi connectivity index (χ4v) is 2.24. The molecule has 0 spiro atoms. The molecule has 6 heteroatoms. The van der Waals surface area contributed by atoms with Gasteiger partial charge in [-0.15, -0.1) is 0 Å². The molecule has 0 fully saturated rings. The Morgan fingerprint density at radius 1 is 1.00 bits per heavy atom. The van der Waals surface area contributed by atoms with Gasteiger partial charge < -0.3 is 15.7 Å². The molecule has 120 valence electrons. The zero-order chi connectivity index (χ0) is 16.7. The molecular formula is C17H17ClN2O3. The van der Waals surface area contributed by atoms with E-state index in [0.717, 1.165) is 0 Å². The van der Waals surface area contributed by atoms with Crippen molar-refractivity contribution in [1.29, 1.82) is 0 Å². The second-order valence-electron chi connectivity index (χ2n) is 4.89. The van der Waals surface area contributed by atoms with E-state index in [-0.39, 0.29) is 24.9 Å². The van der Waals surface area contributed by atoms with Crippen molar-refractivity contribution in [1.82, 2.24) is 10.6 Å². The van der Waals surface area contributed by atoms with E-state index in [1.165, 1.54) is 0 Å². The molecule has 0 aliphatic rings. The largest absolute Gasteiger partial charge is 0.387 e. The van der Waals surface area contributed by atoms with Crippen molar-refractivity contribution in [2.24, 2.45) is 0 Å². The van der Waals surface area contributed by atoms with Crippen molar-refractivity contribution < 1.29 is 14.7 Å². The van der Waals surface area contributed by atoms with E-state index in [2.05, 4.69) is 10.6 Å². The molecule has 0 aliphatic heterocycles. The van der Waals surface area contributed by atoms with E-state index in [9.17, 15) is 14.7 Å². The van der Waals surface area contributed by atoms with Crippen LogP contribution in [0.1, 0.15) is 22.0 Å². The van der Waals surface area contributed by atoms with Crippen LogP contribution in [0.15, 0.2) is 54.6 Å². The van der Waals surface area contributed by atoms with E-state index < -0.39 is 6.10 Å². The van der Waals surface area contributed by atoms with Crippen molar-refractivity contribution >= 4 is 23.4 Å². The van der Waals surface area contributed by atoms with Gasteiger partial charge >= 0.3 is 0 Å². The lowest BCUT2D eigenvalue weighted by atomic mass is 10.1. The number of halogens is 1. The zero-order valence-corrected chi connectivity index (χ0v) is 13.1. The number of benzene rings is 2. The van der Waals surface area contributed by atoms with Gasteiger partial charge in [-0.1, -0.05) is 48.0 Å². The minimum Gasteiger partial charge on any atom is -0.387 e. The van der Waals surface area contributed by atoms with Crippen LogP contribution in [0.3, 0.4) is 0 Å². The molecule has 0 unspecified atom stereocenters. The first-order chi connectivity index (χ1) is 11.1. The lowest BCUT2D eigenvalue weighted by molar-refractivity contribution is -0.120. The summed E-state index contributed by atoms with van der Waals surface area (Å²) in [6, 6.07) is 15.5. The van der Waals surface area contributed by atoms with Crippen LogP contribution >= 0.6 is 11.6 Å². The van der Waals surface area contributed by atoms with Gasteiger partial charge in [0.05, 0.1) is 12.6 Å². The molecule has 0 aliphatic carbocycles. The van der Waals surface area contributed by atoms with Gasteiger partial charge in [-0.25, -0.2) is 0 Å². The molecule has 23 heavy (non-hydrogen) atoms. The van der Waals surface area contributed by atoms with Crippen LogP contribution in [0.5, 0.6) is 0 Å². The highest BCUT2D eigenvalue weighted by Crippen LogP contribution is 2.21. The molecule has 2 aromatic carbocycles. The molecule has 0 saturated heterocycles. The average molecular weight is 333 g/mol. The second-order valence-corrected chi connectivity index (χ2v) is 5.30. The number of hydrogen-bond acceptors (Lipinski definition) is 3. The molecule has 0 saturated carbocycles. The summed E-state index contributed by atoms with van der Waals surface area (Å²) in [5.41, 5.74) is 1.03. The number of nitrogens with one attached hydrogen (secondary N) is 2. The topological polar surface area (TPSA) is 78.4 Å². The first-order valence-electron chi connectivity index (χ1n) is 7.10. The fourth-order valence-electron chi connectivity index (χ4n) is 1.98. The summed E-state index contributed by atoms with van der Waals surface area (Å²) < 4.78 is 0. The molecule has 1 atom stereocenters. The highest BCUT2D eigenvalue weighted by molar-refractivity contribution is 6.31. The molecule has 0 aromatic heterocycles.